The Morgan fingerprint density at radius 1 is 1.38 bits per heavy atom. The summed E-state index contributed by atoms with van der Waals surface area (Å²) in [5.41, 5.74) is 6.99. The lowest BCUT2D eigenvalue weighted by molar-refractivity contribution is 0.229. The molecule has 0 saturated carbocycles. The molecule has 0 spiro atoms. The van der Waals surface area contributed by atoms with Crippen molar-refractivity contribution in [2.45, 2.75) is 31.6 Å². The van der Waals surface area contributed by atoms with Crippen molar-refractivity contribution >= 4 is 21.4 Å². The van der Waals surface area contributed by atoms with Crippen LogP contribution < -0.4 is 15.8 Å². The Bertz CT molecular complexity index is 546. The number of sulfonamides is 1. The molecule has 0 heterocycles. The van der Waals surface area contributed by atoms with Gasteiger partial charge in [-0.15, -0.1) is 0 Å². The van der Waals surface area contributed by atoms with Gasteiger partial charge in [0.15, 0.2) is 0 Å². The van der Waals surface area contributed by atoms with Crippen LogP contribution in [-0.2, 0) is 10.0 Å². The van der Waals surface area contributed by atoms with Crippen molar-refractivity contribution in [2.75, 3.05) is 30.7 Å². The van der Waals surface area contributed by atoms with Gasteiger partial charge in [-0.3, -0.25) is 0 Å². The molecular formula is C14H25N3O3S. The first-order valence-electron chi connectivity index (χ1n) is 7.14. The molecule has 0 aliphatic carbocycles. The number of hydrogen-bond donors (Lipinski definition) is 4. The van der Waals surface area contributed by atoms with Crippen LogP contribution in [-0.4, -0.2) is 33.2 Å². The number of hydrogen-bond acceptors (Lipinski definition) is 5. The van der Waals surface area contributed by atoms with Crippen LogP contribution in [0.2, 0.25) is 0 Å². The van der Waals surface area contributed by atoms with Crippen LogP contribution in [0.1, 0.15) is 26.7 Å². The third kappa shape index (κ3) is 5.53. The molecule has 0 fully saturated rings. The number of nitrogens with one attached hydrogen (secondary N) is 2. The molecule has 120 valence electrons. The predicted molar refractivity (Wildman–Crippen MR) is 85.7 cm³/mol. The van der Waals surface area contributed by atoms with Gasteiger partial charge in [0.05, 0.1) is 16.3 Å². The van der Waals surface area contributed by atoms with E-state index >= 15 is 0 Å². The zero-order valence-electron chi connectivity index (χ0n) is 12.6. The predicted octanol–water partition coefficient (Wildman–Crippen LogP) is 1.39. The van der Waals surface area contributed by atoms with Gasteiger partial charge in [-0.2, -0.15) is 0 Å². The van der Waals surface area contributed by atoms with Crippen LogP contribution in [0.5, 0.6) is 0 Å². The third-order valence-corrected chi connectivity index (χ3v) is 4.71. The Morgan fingerprint density at radius 3 is 2.71 bits per heavy atom. The molecule has 7 heteroatoms. The fourth-order valence-electron chi connectivity index (χ4n) is 1.89. The molecule has 1 aromatic carbocycles. The smallest absolute Gasteiger partial charge is 0.240 e. The first kappa shape index (κ1) is 17.7. The summed E-state index contributed by atoms with van der Waals surface area (Å²) in [4.78, 5) is 0.199. The van der Waals surface area contributed by atoms with Crippen molar-refractivity contribution in [1.82, 2.24) is 4.72 Å². The summed E-state index contributed by atoms with van der Waals surface area (Å²) in [6.07, 6.45) is 1.78. The lowest BCUT2D eigenvalue weighted by atomic mass is 10.1. The van der Waals surface area contributed by atoms with Gasteiger partial charge < -0.3 is 16.2 Å². The Labute approximate surface area is 126 Å². The summed E-state index contributed by atoms with van der Waals surface area (Å²) in [7, 11) is -3.48. The maximum absolute atomic E-state index is 11.9. The summed E-state index contributed by atoms with van der Waals surface area (Å²) in [5, 5.41) is 12.1. The molecule has 0 aromatic heterocycles. The molecule has 21 heavy (non-hydrogen) atoms. The molecule has 0 bridgehead atoms. The van der Waals surface area contributed by atoms with Crippen LogP contribution in [0.3, 0.4) is 0 Å². The highest BCUT2D eigenvalue weighted by atomic mass is 32.2. The van der Waals surface area contributed by atoms with E-state index in [1.807, 2.05) is 6.92 Å². The van der Waals surface area contributed by atoms with E-state index in [2.05, 4.69) is 10.0 Å². The Morgan fingerprint density at radius 2 is 2.10 bits per heavy atom. The number of benzene rings is 1. The average molecular weight is 315 g/mol. The minimum Gasteiger partial charge on any atom is -0.397 e. The molecule has 0 radical (unpaired) electrons. The van der Waals surface area contributed by atoms with Gasteiger partial charge in [-0.25, -0.2) is 13.1 Å². The zero-order valence-corrected chi connectivity index (χ0v) is 13.4. The highest BCUT2D eigenvalue weighted by Gasteiger charge is 2.14. The van der Waals surface area contributed by atoms with Crippen LogP contribution in [0.25, 0.3) is 0 Å². The fourth-order valence-corrected chi connectivity index (χ4v) is 2.96. The van der Waals surface area contributed by atoms with Crippen molar-refractivity contribution < 1.29 is 13.5 Å². The van der Waals surface area contributed by atoms with E-state index in [0.717, 1.165) is 12.8 Å². The molecule has 0 aliphatic rings. The molecule has 1 unspecified atom stereocenters. The van der Waals surface area contributed by atoms with Crippen molar-refractivity contribution in [2.24, 2.45) is 5.92 Å². The van der Waals surface area contributed by atoms with Crippen molar-refractivity contribution in [3.8, 4) is 0 Å². The standard InChI is InChI=1S/C14H25N3O3S/c1-3-17-21(19,20)12-6-7-13(15)14(9-12)16-8-4-5-11(2)10-18/h6-7,9,11,16-18H,3-5,8,10,15H2,1-2H3. The quantitative estimate of drug-likeness (QED) is 0.407. The van der Waals surface area contributed by atoms with Gasteiger partial charge in [0.1, 0.15) is 0 Å². The molecular weight excluding hydrogens is 290 g/mol. The maximum Gasteiger partial charge on any atom is 0.240 e. The number of nitrogens with two attached hydrogens (primary N) is 1. The monoisotopic (exact) mass is 315 g/mol. The second-order valence-corrected chi connectivity index (χ2v) is 6.87. The van der Waals surface area contributed by atoms with Gasteiger partial charge in [-0.1, -0.05) is 13.8 Å². The summed E-state index contributed by atoms with van der Waals surface area (Å²) in [6, 6.07) is 4.62. The second-order valence-electron chi connectivity index (χ2n) is 5.11. The highest BCUT2D eigenvalue weighted by molar-refractivity contribution is 7.89. The van der Waals surface area contributed by atoms with E-state index in [-0.39, 0.29) is 17.4 Å². The minimum atomic E-state index is -3.48. The van der Waals surface area contributed by atoms with Gasteiger partial charge in [0.2, 0.25) is 10.0 Å². The molecule has 1 aromatic rings. The van der Waals surface area contributed by atoms with E-state index in [1.165, 1.54) is 6.07 Å². The Balaban J connectivity index is 2.70. The van der Waals surface area contributed by atoms with E-state index in [0.29, 0.717) is 24.5 Å². The van der Waals surface area contributed by atoms with Crippen LogP contribution in [0, 0.1) is 5.92 Å². The highest BCUT2D eigenvalue weighted by Crippen LogP contribution is 2.23. The number of aliphatic hydroxyl groups excluding tert-OH is 1. The van der Waals surface area contributed by atoms with E-state index < -0.39 is 10.0 Å². The number of aliphatic hydroxyl groups is 1. The molecule has 0 saturated heterocycles. The van der Waals surface area contributed by atoms with E-state index in [9.17, 15) is 8.42 Å². The molecule has 5 N–H and O–H groups in total. The second kappa shape index (κ2) is 8.21. The van der Waals surface area contributed by atoms with E-state index in [4.69, 9.17) is 10.8 Å². The Hall–Kier alpha value is -1.31. The topological polar surface area (TPSA) is 104 Å². The van der Waals surface area contributed by atoms with Gasteiger partial charge >= 0.3 is 0 Å². The summed E-state index contributed by atoms with van der Waals surface area (Å²) >= 11 is 0. The van der Waals surface area contributed by atoms with Crippen molar-refractivity contribution in [3.05, 3.63) is 18.2 Å². The molecule has 0 amide bonds. The minimum absolute atomic E-state index is 0.179. The number of nitrogen functional groups attached to an aromatic ring is 1. The summed E-state index contributed by atoms with van der Waals surface area (Å²) < 4.78 is 26.3. The normalized spacial score (nSPS) is 13.1. The molecule has 1 atom stereocenters. The van der Waals surface area contributed by atoms with Crippen LogP contribution in [0.15, 0.2) is 23.1 Å². The van der Waals surface area contributed by atoms with Gasteiger partial charge in [0.25, 0.3) is 0 Å². The first-order chi connectivity index (χ1) is 9.90. The molecule has 1 rings (SSSR count). The third-order valence-electron chi connectivity index (χ3n) is 3.17. The van der Waals surface area contributed by atoms with Crippen molar-refractivity contribution in [1.29, 1.82) is 0 Å². The van der Waals surface area contributed by atoms with Gasteiger partial charge in [-0.05, 0) is 37.0 Å². The average Bonchev–Trinajstić information content (AvgIpc) is 2.44. The molecule has 0 aliphatic heterocycles. The SMILES string of the molecule is CCNS(=O)(=O)c1ccc(N)c(NCCCC(C)CO)c1. The van der Waals surface area contributed by atoms with E-state index in [1.54, 1.807) is 19.1 Å². The van der Waals surface area contributed by atoms with Crippen LogP contribution in [0.4, 0.5) is 11.4 Å². The maximum atomic E-state index is 11.9. The Kier molecular flexibility index (Phi) is 6.94. The van der Waals surface area contributed by atoms with Gasteiger partial charge in [0, 0.05) is 19.7 Å². The largest absolute Gasteiger partial charge is 0.397 e. The lowest BCUT2D eigenvalue weighted by Gasteiger charge is -2.13. The number of anilines is 2. The first-order valence-corrected chi connectivity index (χ1v) is 8.63. The molecule has 6 nitrogen and oxygen atoms in total. The van der Waals surface area contributed by atoms with Crippen LogP contribution >= 0.6 is 0 Å². The zero-order chi connectivity index (χ0) is 15.9. The van der Waals surface area contributed by atoms with Crippen molar-refractivity contribution in [3.63, 3.8) is 0 Å². The summed E-state index contributed by atoms with van der Waals surface area (Å²) in [6.45, 7) is 4.92. The number of rotatable bonds is 9. The summed E-state index contributed by atoms with van der Waals surface area (Å²) in [5.74, 6) is 0.268. The lowest BCUT2D eigenvalue weighted by Crippen LogP contribution is -2.23. The fraction of sp³-hybridized carbons (Fsp3) is 0.571.